The summed E-state index contributed by atoms with van der Waals surface area (Å²) >= 11 is 12.2. The lowest BCUT2D eigenvalue weighted by atomic mass is 9.95. The minimum atomic E-state index is 0.0525. The van der Waals surface area contributed by atoms with Crippen molar-refractivity contribution in [1.29, 1.82) is 0 Å². The number of nitrogens with zero attached hydrogens (tertiary/aromatic N) is 1. The molecular weight excluding hydrogens is 383 g/mol. The lowest BCUT2D eigenvalue weighted by Gasteiger charge is -2.31. The first kappa shape index (κ1) is 20.0. The predicted molar refractivity (Wildman–Crippen MR) is 109 cm³/mol. The average Bonchev–Trinajstić information content (AvgIpc) is 2.69. The Hall–Kier alpha value is -1.75. The van der Waals surface area contributed by atoms with Gasteiger partial charge in [-0.3, -0.25) is 9.69 Å². The first-order chi connectivity index (χ1) is 13.1. The molecule has 4 nitrogen and oxygen atoms in total. The van der Waals surface area contributed by atoms with Gasteiger partial charge in [0.1, 0.15) is 5.75 Å². The number of methoxy groups -OCH3 is 1. The number of likely N-dealkylation sites (tertiary alicyclic amines) is 1. The van der Waals surface area contributed by atoms with E-state index in [1.54, 1.807) is 13.2 Å². The number of ether oxygens (including phenoxy) is 1. The number of carbonyl (C=O) groups excluding carboxylic acids is 1. The van der Waals surface area contributed by atoms with Crippen molar-refractivity contribution >= 4 is 29.1 Å². The molecule has 2 aromatic rings. The van der Waals surface area contributed by atoms with Crippen LogP contribution in [0.3, 0.4) is 0 Å². The maximum atomic E-state index is 12.5. The molecule has 0 aliphatic carbocycles. The van der Waals surface area contributed by atoms with E-state index in [9.17, 15) is 4.79 Å². The number of para-hydroxylation sites is 1. The number of halogens is 2. The van der Waals surface area contributed by atoms with Gasteiger partial charge in [-0.1, -0.05) is 47.5 Å². The molecule has 1 fully saturated rings. The highest BCUT2D eigenvalue weighted by Crippen LogP contribution is 2.25. The monoisotopic (exact) mass is 406 g/mol. The van der Waals surface area contributed by atoms with Crippen LogP contribution in [0.2, 0.25) is 10.0 Å². The number of nitrogens with one attached hydrogen (secondary N) is 1. The van der Waals surface area contributed by atoms with Crippen LogP contribution in [0.25, 0.3) is 0 Å². The summed E-state index contributed by atoms with van der Waals surface area (Å²) in [5, 5.41) is 4.39. The SMILES string of the molecule is COc1ccccc1CNC(=O)C1CCN(Cc2ccc(Cl)cc2Cl)CC1. The quantitative estimate of drug-likeness (QED) is 0.765. The largest absolute Gasteiger partial charge is 0.496 e. The standard InChI is InChI=1S/C21H24Cl2N2O2/c1-27-20-5-3-2-4-16(20)13-24-21(26)15-8-10-25(11-9-15)14-17-6-7-18(22)12-19(17)23/h2-7,12,15H,8-11,13-14H2,1H3,(H,24,26). The third-order valence-corrected chi connectivity index (χ3v) is 5.60. The van der Waals surface area contributed by atoms with Crippen LogP contribution in [0, 0.1) is 5.92 Å². The van der Waals surface area contributed by atoms with Crippen LogP contribution in [0.5, 0.6) is 5.75 Å². The molecule has 0 radical (unpaired) electrons. The normalized spacial score (nSPS) is 15.5. The molecule has 0 bridgehead atoms. The van der Waals surface area contributed by atoms with Crippen molar-refractivity contribution in [1.82, 2.24) is 10.2 Å². The molecule has 1 N–H and O–H groups in total. The van der Waals surface area contributed by atoms with Gasteiger partial charge in [0, 0.05) is 34.6 Å². The summed E-state index contributed by atoms with van der Waals surface area (Å²) in [7, 11) is 1.64. The number of hydrogen-bond donors (Lipinski definition) is 1. The number of rotatable bonds is 6. The molecule has 0 spiro atoms. The first-order valence-electron chi connectivity index (χ1n) is 9.12. The number of carbonyl (C=O) groups is 1. The zero-order valence-electron chi connectivity index (χ0n) is 15.4. The Morgan fingerprint density at radius 1 is 1.15 bits per heavy atom. The fourth-order valence-electron chi connectivity index (χ4n) is 3.42. The van der Waals surface area contributed by atoms with Crippen molar-refractivity contribution < 1.29 is 9.53 Å². The fourth-order valence-corrected chi connectivity index (χ4v) is 3.89. The molecule has 6 heteroatoms. The van der Waals surface area contributed by atoms with Gasteiger partial charge in [-0.15, -0.1) is 0 Å². The molecule has 1 amide bonds. The van der Waals surface area contributed by atoms with Crippen LogP contribution in [-0.2, 0) is 17.9 Å². The van der Waals surface area contributed by atoms with Gasteiger partial charge in [-0.05, 0) is 49.7 Å². The maximum absolute atomic E-state index is 12.5. The Kier molecular flexibility index (Phi) is 7.00. The summed E-state index contributed by atoms with van der Waals surface area (Å²) < 4.78 is 5.33. The highest BCUT2D eigenvalue weighted by Gasteiger charge is 2.25. The van der Waals surface area contributed by atoms with Crippen molar-refractivity contribution in [3.8, 4) is 5.75 Å². The van der Waals surface area contributed by atoms with E-state index in [1.165, 1.54) is 0 Å². The zero-order valence-corrected chi connectivity index (χ0v) is 16.9. The summed E-state index contributed by atoms with van der Waals surface area (Å²) in [4.78, 5) is 14.9. The Bertz CT molecular complexity index is 790. The molecule has 27 heavy (non-hydrogen) atoms. The summed E-state index contributed by atoms with van der Waals surface area (Å²) in [6, 6.07) is 13.4. The number of amides is 1. The van der Waals surface area contributed by atoms with E-state index in [-0.39, 0.29) is 11.8 Å². The van der Waals surface area contributed by atoms with Crippen LogP contribution in [-0.4, -0.2) is 31.0 Å². The molecule has 0 aromatic heterocycles. The van der Waals surface area contributed by atoms with Gasteiger partial charge in [0.2, 0.25) is 5.91 Å². The van der Waals surface area contributed by atoms with Crippen molar-refractivity contribution in [2.45, 2.75) is 25.9 Å². The highest BCUT2D eigenvalue weighted by molar-refractivity contribution is 6.35. The average molecular weight is 407 g/mol. The third-order valence-electron chi connectivity index (χ3n) is 5.01. The summed E-state index contributed by atoms with van der Waals surface area (Å²) in [5.41, 5.74) is 2.06. The highest BCUT2D eigenvalue weighted by atomic mass is 35.5. The molecule has 2 aromatic carbocycles. The molecule has 0 unspecified atom stereocenters. The molecule has 1 heterocycles. The number of benzene rings is 2. The van der Waals surface area contributed by atoms with Gasteiger partial charge in [-0.2, -0.15) is 0 Å². The van der Waals surface area contributed by atoms with Gasteiger partial charge < -0.3 is 10.1 Å². The topological polar surface area (TPSA) is 41.6 Å². The summed E-state index contributed by atoms with van der Waals surface area (Å²) in [6.45, 7) is 3.03. The van der Waals surface area contributed by atoms with Crippen molar-refractivity contribution in [3.63, 3.8) is 0 Å². The van der Waals surface area contributed by atoms with E-state index < -0.39 is 0 Å². The van der Waals surface area contributed by atoms with E-state index in [4.69, 9.17) is 27.9 Å². The van der Waals surface area contributed by atoms with Crippen LogP contribution >= 0.6 is 23.2 Å². The van der Waals surface area contributed by atoms with Gasteiger partial charge >= 0.3 is 0 Å². The van der Waals surface area contributed by atoms with Gasteiger partial charge in [0.05, 0.1) is 7.11 Å². The number of hydrogen-bond acceptors (Lipinski definition) is 3. The predicted octanol–water partition coefficient (Wildman–Crippen LogP) is 4.53. The Balaban J connectivity index is 1.47. The van der Waals surface area contributed by atoms with Gasteiger partial charge in [0.15, 0.2) is 0 Å². The van der Waals surface area contributed by atoms with Crippen LogP contribution in [0.15, 0.2) is 42.5 Å². The van der Waals surface area contributed by atoms with Crippen molar-refractivity contribution in [2.75, 3.05) is 20.2 Å². The second kappa shape index (κ2) is 9.45. The summed E-state index contributed by atoms with van der Waals surface area (Å²) in [6.07, 6.45) is 1.70. The fraction of sp³-hybridized carbons (Fsp3) is 0.381. The molecular formula is C21H24Cl2N2O2. The van der Waals surface area contributed by atoms with Gasteiger partial charge in [0.25, 0.3) is 0 Å². The van der Waals surface area contributed by atoms with E-state index in [2.05, 4.69) is 10.2 Å². The van der Waals surface area contributed by atoms with E-state index in [1.807, 2.05) is 36.4 Å². The van der Waals surface area contributed by atoms with E-state index >= 15 is 0 Å². The van der Waals surface area contributed by atoms with Crippen LogP contribution < -0.4 is 10.1 Å². The zero-order chi connectivity index (χ0) is 19.2. The molecule has 0 saturated carbocycles. The smallest absolute Gasteiger partial charge is 0.223 e. The minimum Gasteiger partial charge on any atom is -0.496 e. The van der Waals surface area contributed by atoms with Crippen molar-refractivity contribution in [2.24, 2.45) is 5.92 Å². The van der Waals surface area contributed by atoms with E-state index in [0.717, 1.165) is 49.4 Å². The minimum absolute atomic E-state index is 0.0525. The molecule has 1 saturated heterocycles. The van der Waals surface area contributed by atoms with E-state index in [0.29, 0.717) is 16.6 Å². The second-order valence-corrected chi connectivity index (χ2v) is 7.66. The summed E-state index contributed by atoms with van der Waals surface area (Å²) in [5.74, 6) is 0.967. The lowest BCUT2D eigenvalue weighted by Crippen LogP contribution is -2.40. The Morgan fingerprint density at radius 3 is 2.59 bits per heavy atom. The Morgan fingerprint density at radius 2 is 1.89 bits per heavy atom. The molecule has 3 rings (SSSR count). The van der Waals surface area contributed by atoms with Crippen LogP contribution in [0.1, 0.15) is 24.0 Å². The molecule has 1 aliphatic rings. The first-order valence-corrected chi connectivity index (χ1v) is 9.88. The number of piperidine rings is 1. The second-order valence-electron chi connectivity index (χ2n) is 6.82. The lowest BCUT2D eigenvalue weighted by molar-refractivity contribution is -0.126. The molecule has 0 atom stereocenters. The van der Waals surface area contributed by atoms with Gasteiger partial charge in [-0.25, -0.2) is 0 Å². The Labute approximate surface area is 170 Å². The van der Waals surface area contributed by atoms with Crippen LogP contribution in [0.4, 0.5) is 0 Å². The molecule has 1 aliphatic heterocycles. The maximum Gasteiger partial charge on any atom is 0.223 e. The van der Waals surface area contributed by atoms with Crippen molar-refractivity contribution in [3.05, 3.63) is 63.6 Å². The molecule has 144 valence electrons. The third kappa shape index (κ3) is 5.38.